The molecule has 1 amide bonds. The molecule has 2 bridgehead atoms. The molecule has 2 unspecified atom stereocenters. The lowest BCUT2D eigenvalue weighted by Crippen LogP contribution is -2.52. The average molecular weight is 353 g/mol. The molecule has 2 aliphatic rings. The minimum absolute atomic E-state index is 0.169. The topological polar surface area (TPSA) is 67.3 Å². The molecule has 2 atom stereocenters. The van der Waals surface area contributed by atoms with Crippen molar-refractivity contribution < 1.29 is 9.53 Å². The van der Waals surface area contributed by atoms with E-state index in [2.05, 4.69) is 15.5 Å². The van der Waals surface area contributed by atoms with E-state index in [9.17, 15) is 4.79 Å². The third-order valence-corrected chi connectivity index (χ3v) is 4.80. The van der Waals surface area contributed by atoms with Crippen LogP contribution in [0.15, 0.2) is 12.1 Å². The van der Waals surface area contributed by atoms with E-state index in [1.54, 1.807) is 6.07 Å². The summed E-state index contributed by atoms with van der Waals surface area (Å²) in [6.45, 7) is 6.40. The summed E-state index contributed by atoms with van der Waals surface area (Å²) < 4.78 is 5.57. The smallest absolute Gasteiger partial charge is 0.410 e. The summed E-state index contributed by atoms with van der Waals surface area (Å²) in [7, 11) is 0. The van der Waals surface area contributed by atoms with Crippen LogP contribution in [0.4, 0.5) is 4.79 Å². The molecule has 0 spiro atoms. The zero-order valence-corrected chi connectivity index (χ0v) is 15.2. The van der Waals surface area contributed by atoms with Crippen LogP contribution in [0.1, 0.15) is 52.1 Å². The Labute approximate surface area is 147 Å². The molecular formula is C17H25ClN4O2. The Balaban J connectivity index is 1.55. The molecule has 3 heterocycles. The van der Waals surface area contributed by atoms with Gasteiger partial charge in [0.2, 0.25) is 0 Å². The summed E-state index contributed by atoms with van der Waals surface area (Å²) >= 11 is 5.76. The van der Waals surface area contributed by atoms with Crippen molar-refractivity contribution >= 4 is 17.7 Å². The highest BCUT2D eigenvalue weighted by Crippen LogP contribution is 2.36. The van der Waals surface area contributed by atoms with Crippen molar-refractivity contribution in [3.63, 3.8) is 0 Å². The number of hydrogen-bond donors (Lipinski definition) is 1. The molecule has 6 nitrogen and oxygen atoms in total. The van der Waals surface area contributed by atoms with Gasteiger partial charge in [0.05, 0.1) is 5.69 Å². The Bertz CT molecular complexity index is 573. The van der Waals surface area contributed by atoms with Gasteiger partial charge >= 0.3 is 6.09 Å². The monoisotopic (exact) mass is 352 g/mol. The number of carbonyl (C=O) groups is 1. The lowest BCUT2D eigenvalue weighted by Gasteiger charge is -2.39. The minimum Gasteiger partial charge on any atom is -0.444 e. The summed E-state index contributed by atoms with van der Waals surface area (Å²) in [6.07, 6.45) is 3.86. The highest BCUT2D eigenvalue weighted by atomic mass is 35.5. The predicted octanol–water partition coefficient (Wildman–Crippen LogP) is 3.15. The lowest BCUT2D eigenvalue weighted by atomic mass is 9.97. The van der Waals surface area contributed by atoms with E-state index < -0.39 is 5.60 Å². The van der Waals surface area contributed by atoms with Gasteiger partial charge in [-0.1, -0.05) is 11.6 Å². The number of nitrogens with zero attached hydrogens (tertiary/aromatic N) is 3. The van der Waals surface area contributed by atoms with E-state index in [1.165, 1.54) is 0 Å². The fraction of sp³-hybridized carbons (Fsp3) is 0.706. The van der Waals surface area contributed by atoms with E-state index in [0.717, 1.165) is 31.4 Å². The second-order valence-electron chi connectivity index (χ2n) is 7.67. The number of aromatic nitrogens is 2. The molecule has 1 aromatic rings. The number of piperidine rings is 1. The van der Waals surface area contributed by atoms with Crippen LogP contribution in [0.3, 0.4) is 0 Å². The first-order valence-corrected chi connectivity index (χ1v) is 8.92. The molecule has 2 fully saturated rings. The number of hydrogen-bond acceptors (Lipinski definition) is 5. The van der Waals surface area contributed by atoms with Gasteiger partial charge in [-0.15, -0.1) is 5.10 Å². The number of halogens is 1. The van der Waals surface area contributed by atoms with Crippen LogP contribution in [0.2, 0.25) is 5.15 Å². The highest BCUT2D eigenvalue weighted by molar-refractivity contribution is 6.29. The largest absolute Gasteiger partial charge is 0.444 e. The van der Waals surface area contributed by atoms with Crippen molar-refractivity contribution in [3.8, 4) is 0 Å². The van der Waals surface area contributed by atoms with Crippen molar-refractivity contribution in [1.82, 2.24) is 20.4 Å². The summed E-state index contributed by atoms with van der Waals surface area (Å²) in [5.74, 6) is 0. The molecule has 3 rings (SSSR count). The molecule has 24 heavy (non-hydrogen) atoms. The van der Waals surface area contributed by atoms with Gasteiger partial charge in [0.1, 0.15) is 5.60 Å². The molecule has 1 aromatic heterocycles. The molecule has 2 aliphatic heterocycles. The molecule has 0 saturated carbocycles. The van der Waals surface area contributed by atoms with Crippen molar-refractivity contribution in [1.29, 1.82) is 0 Å². The third kappa shape index (κ3) is 4.16. The highest BCUT2D eigenvalue weighted by Gasteiger charge is 2.44. The first-order valence-electron chi connectivity index (χ1n) is 8.54. The first-order chi connectivity index (χ1) is 11.3. The zero-order chi connectivity index (χ0) is 17.3. The molecule has 1 N–H and O–H groups in total. The lowest BCUT2D eigenvalue weighted by molar-refractivity contribution is 0.00464. The van der Waals surface area contributed by atoms with Gasteiger partial charge in [-0.25, -0.2) is 4.79 Å². The van der Waals surface area contributed by atoms with Crippen molar-refractivity contribution in [2.75, 3.05) is 0 Å². The molecule has 2 saturated heterocycles. The van der Waals surface area contributed by atoms with Crippen LogP contribution >= 0.6 is 11.6 Å². The Hall–Kier alpha value is -1.40. The predicted molar refractivity (Wildman–Crippen MR) is 91.8 cm³/mol. The number of amides is 1. The van der Waals surface area contributed by atoms with Gasteiger partial charge in [0.25, 0.3) is 0 Å². The van der Waals surface area contributed by atoms with Crippen LogP contribution in [-0.2, 0) is 11.3 Å². The summed E-state index contributed by atoms with van der Waals surface area (Å²) in [5.41, 5.74) is 0.431. The number of rotatable bonds is 3. The molecular weight excluding hydrogens is 328 g/mol. The van der Waals surface area contributed by atoms with Crippen molar-refractivity contribution in [3.05, 3.63) is 23.0 Å². The third-order valence-electron chi connectivity index (χ3n) is 4.60. The average Bonchev–Trinajstić information content (AvgIpc) is 2.76. The van der Waals surface area contributed by atoms with Gasteiger partial charge in [0, 0.05) is 24.7 Å². The molecule has 0 aliphatic carbocycles. The van der Waals surface area contributed by atoms with Crippen molar-refractivity contribution in [2.45, 2.75) is 76.7 Å². The first kappa shape index (κ1) is 17.4. The van der Waals surface area contributed by atoms with E-state index >= 15 is 0 Å². The van der Waals surface area contributed by atoms with Gasteiger partial charge in [-0.3, -0.25) is 0 Å². The quantitative estimate of drug-likeness (QED) is 0.905. The standard InChI is InChI=1S/C17H25ClN4O2/c1-17(2,3)24-16(23)22-13-5-6-14(22)9-12(8-13)19-10-11-4-7-15(18)21-20-11/h4,7,12-14,19H,5-6,8-10H2,1-3H3. The fourth-order valence-electron chi connectivity index (χ4n) is 3.64. The molecule has 0 radical (unpaired) electrons. The van der Waals surface area contributed by atoms with E-state index in [1.807, 2.05) is 31.7 Å². The number of carbonyl (C=O) groups excluding carboxylic acids is 1. The Morgan fingerprint density at radius 1 is 1.29 bits per heavy atom. The molecule has 7 heteroatoms. The van der Waals surface area contributed by atoms with Crippen LogP contribution in [0, 0.1) is 0 Å². The number of fused-ring (bicyclic) bond motifs is 2. The van der Waals surface area contributed by atoms with Gasteiger partial charge < -0.3 is 15.0 Å². The Morgan fingerprint density at radius 3 is 2.50 bits per heavy atom. The van der Waals surface area contributed by atoms with E-state index in [4.69, 9.17) is 16.3 Å². The summed E-state index contributed by atoms with van der Waals surface area (Å²) in [5, 5.41) is 11.9. The van der Waals surface area contributed by atoms with E-state index in [-0.39, 0.29) is 18.2 Å². The van der Waals surface area contributed by atoms with Crippen LogP contribution < -0.4 is 5.32 Å². The maximum Gasteiger partial charge on any atom is 0.410 e. The van der Waals surface area contributed by atoms with Gasteiger partial charge in [0.15, 0.2) is 5.15 Å². The maximum atomic E-state index is 12.4. The Morgan fingerprint density at radius 2 is 1.96 bits per heavy atom. The Kier molecular flexibility index (Phi) is 4.97. The maximum absolute atomic E-state index is 12.4. The van der Waals surface area contributed by atoms with Gasteiger partial charge in [-0.05, 0) is 58.6 Å². The molecule has 132 valence electrons. The zero-order valence-electron chi connectivity index (χ0n) is 14.5. The van der Waals surface area contributed by atoms with Gasteiger partial charge in [-0.2, -0.15) is 5.10 Å². The van der Waals surface area contributed by atoms with E-state index in [0.29, 0.717) is 17.7 Å². The van der Waals surface area contributed by atoms with Crippen LogP contribution in [-0.4, -0.2) is 44.9 Å². The summed E-state index contributed by atoms with van der Waals surface area (Å²) in [4.78, 5) is 14.4. The number of ether oxygens (including phenoxy) is 1. The van der Waals surface area contributed by atoms with Crippen LogP contribution in [0.5, 0.6) is 0 Å². The summed E-state index contributed by atoms with van der Waals surface area (Å²) in [6, 6.07) is 4.56. The SMILES string of the molecule is CC(C)(C)OC(=O)N1C2CCC1CC(NCc1ccc(Cl)nn1)C2. The molecule has 0 aromatic carbocycles. The number of nitrogens with one attached hydrogen (secondary N) is 1. The second-order valence-corrected chi connectivity index (χ2v) is 8.06. The second kappa shape index (κ2) is 6.84. The normalized spacial score (nSPS) is 26.5. The fourth-order valence-corrected chi connectivity index (χ4v) is 3.74. The van der Waals surface area contributed by atoms with Crippen molar-refractivity contribution in [2.24, 2.45) is 0 Å². The van der Waals surface area contributed by atoms with Crippen LogP contribution in [0.25, 0.3) is 0 Å². The minimum atomic E-state index is -0.446.